The second kappa shape index (κ2) is 8.93. The quantitative estimate of drug-likeness (QED) is 0.826. The molecule has 2 heterocycles. The van der Waals surface area contributed by atoms with Gasteiger partial charge in [0.15, 0.2) is 0 Å². The predicted octanol–water partition coefficient (Wildman–Crippen LogP) is 3.69. The standard InChI is InChI=1S/C23H36N2O2/c26-21(18-27-22-9-5-2-6-10-22)17-24-14-11-23(12-15-24)13-16-25(19-23)20-7-3-1-4-8-20/h1,3-4,7-8,21-22,26H,2,5-6,9-19H2. The number of benzene rings is 1. The van der Waals surface area contributed by atoms with Crippen molar-refractivity contribution in [2.24, 2.45) is 5.41 Å². The minimum Gasteiger partial charge on any atom is -0.389 e. The van der Waals surface area contributed by atoms with Crippen LogP contribution in [0.3, 0.4) is 0 Å². The van der Waals surface area contributed by atoms with Crippen LogP contribution in [0.25, 0.3) is 0 Å². The van der Waals surface area contributed by atoms with Crippen LogP contribution in [0.5, 0.6) is 0 Å². The summed E-state index contributed by atoms with van der Waals surface area (Å²) < 4.78 is 5.96. The molecule has 2 saturated heterocycles. The lowest BCUT2D eigenvalue weighted by Crippen LogP contribution is -2.45. The second-order valence-electron chi connectivity index (χ2n) is 9.05. The summed E-state index contributed by atoms with van der Waals surface area (Å²) in [6.45, 7) is 5.88. The molecule has 3 aliphatic rings. The first-order chi connectivity index (χ1) is 13.2. The van der Waals surface area contributed by atoms with Gasteiger partial charge < -0.3 is 19.6 Å². The summed E-state index contributed by atoms with van der Waals surface area (Å²) in [6.07, 6.45) is 10.1. The largest absolute Gasteiger partial charge is 0.389 e. The van der Waals surface area contributed by atoms with Crippen molar-refractivity contribution in [1.29, 1.82) is 0 Å². The summed E-state index contributed by atoms with van der Waals surface area (Å²) in [5.41, 5.74) is 1.85. The van der Waals surface area contributed by atoms with Crippen molar-refractivity contribution in [3.05, 3.63) is 30.3 Å². The second-order valence-corrected chi connectivity index (χ2v) is 9.05. The fourth-order valence-electron chi connectivity index (χ4n) is 5.24. The molecule has 0 aromatic heterocycles. The fourth-order valence-corrected chi connectivity index (χ4v) is 5.24. The smallest absolute Gasteiger partial charge is 0.0900 e. The zero-order valence-corrected chi connectivity index (χ0v) is 16.7. The number of hydrogen-bond acceptors (Lipinski definition) is 4. The zero-order chi connectivity index (χ0) is 18.5. The molecule has 1 aromatic rings. The van der Waals surface area contributed by atoms with E-state index in [1.54, 1.807) is 0 Å². The van der Waals surface area contributed by atoms with Gasteiger partial charge in [0.25, 0.3) is 0 Å². The van der Waals surface area contributed by atoms with E-state index in [0.29, 0.717) is 18.1 Å². The Hall–Kier alpha value is -1.10. The molecule has 1 aliphatic carbocycles. The van der Waals surface area contributed by atoms with E-state index in [9.17, 15) is 5.11 Å². The van der Waals surface area contributed by atoms with Crippen molar-refractivity contribution >= 4 is 5.69 Å². The molecule has 1 spiro atoms. The lowest BCUT2D eigenvalue weighted by molar-refractivity contribution is -0.0379. The molecule has 3 fully saturated rings. The van der Waals surface area contributed by atoms with Gasteiger partial charge in [0.2, 0.25) is 0 Å². The molecular weight excluding hydrogens is 336 g/mol. The number of para-hydroxylation sites is 1. The summed E-state index contributed by atoms with van der Waals surface area (Å²) >= 11 is 0. The van der Waals surface area contributed by atoms with Gasteiger partial charge in [-0.3, -0.25) is 0 Å². The number of rotatable bonds is 6. The van der Waals surface area contributed by atoms with Crippen LogP contribution >= 0.6 is 0 Å². The van der Waals surface area contributed by atoms with Crippen LogP contribution in [-0.4, -0.2) is 61.5 Å². The number of nitrogens with zero attached hydrogens (tertiary/aromatic N) is 2. The Bertz CT molecular complexity index is 565. The van der Waals surface area contributed by atoms with Crippen molar-refractivity contribution in [2.45, 2.75) is 63.6 Å². The third-order valence-electron chi connectivity index (χ3n) is 7.02. The van der Waals surface area contributed by atoms with E-state index in [0.717, 1.165) is 19.6 Å². The van der Waals surface area contributed by atoms with E-state index >= 15 is 0 Å². The molecule has 2 aliphatic heterocycles. The van der Waals surface area contributed by atoms with E-state index in [1.165, 1.54) is 70.1 Å². The van der Waals surface area contributed by atoms with E-state index in [-0.39, 0.29) is 6.10 Å². The molecule has 1 atom stereocenters. The van der Waals surface area contributed by atoms with Gasteiger partial charge in [-0.2, -0.15) is 0 Å². The Morgan fingerprint density at radius 1 is 1.00 bits per heavy atom. The van der Waals surface area contributed by atoms with Crippen LogP contribution < -0.4 is 4.90 Å². The maximum absolute atomic E-state index is 10.4. The first kappa shape index (κ1) is 19.2. The van der Waals surface area contributed by atoms with Crippen LogP contribution in [0, 0.1) is 5.41 Å². The zero-order valence-electron chi connectivity index (χ0n) is 16.7. The van der Waals surface area contributed by atoms with Gasteiger partial charge in [-0.15, -0.1) is 0 Å². The molecule has 4 heteroatoms. The first-order valence-electron chi connectivity index (χ1n) is 11.0. The highest BCUT2D eigenvalue weighted by atomic mass is 16.5. The molecular formula is C23H36N2O2. The molecule has 0 radical (unpaired) electrons. The SMILES string of the molecule is OC(COC1CCCCC1)CN1CCC2(CC1)CCN(c1ccccc1)C2. The molecule has 1 N–H and O–H groups in total. The highest BCUT2D eigenvalue weighted by Gasteiger charge is 2.40. The highest BCUT2D eigenvalue weighted by Crippen LogP contribution is 2.41. The summed E-state index contributed by atoms with van der Waals surface area (Å²) in [5.74, 6) is 0. The Balaban J connectivity index is 1.19. The number of aliphatic hydroxyl groups is 1. The van der Waals surface area contributed by atoms with Crippen molar-refractivity contribution < 1.29 is 9.84 Å². The van der Waals surface area contributed by atoms with Gasteiger partial charge in [0, 0.05) is 25.3 Å². The van der Waals surface area contributed by atoms with Crippen molar-refractivity contribution in [3.8, 4) is 0 Å². The molecule has 4 rings (SSSR count). The van der Waals surface area contributed by atoms with E-state index in [1.807, 2.05) is 0 Å². The molecule has 1 unspecified atom stereocenters. The summed E-state index contributed by atoms with van der Waals surface area (Å²) in [6, 6.07) is 10.8. The molecule has 27 heavy (non-hydrogen) atoms. The van der Waals surface area contributed by atoms with Crippen LogP contribution in [0.15, 0.2) is 30.3 Å². The average molecular weight is 373 g/mol. The number of anilines is 1. The van der Waals surface area contributed by atoms with Crippen LogP contribution in [0.4, 0.5) is 5.69 Å². The first-order valence-corrected chi connectivity index (χ1v) is 11.0. The lowest BCUT2D eigenvalue weighted by atomic mass is 9.77. The predicted molar refractivity (Wildman–Crippen MR) is 110 cm³/mol. The van der Waals surface area contributed by atoms with Gasteiger partial charge in [-0.1, -0.05) is 37.5 Å². The van der Waals surface area contributed by atoms with Crippen LogP contribution in [-0.2, 0) is 4.74 Å². The third-order valence-corrected chi connectivity index (χ3v) is 7.02. The molecule has 150 valence electrons. The number of likely N-dealkylation sites (tertiary alicyclic amines) is 1. The number of aliphatic hydroxyl groups excluding tert-OH is 1. The molecule has 4 nitrogen and oxygen atoms in total. The number of β-amino-alcohol motifs (C(OH)–C–C–N with tert-alkyl or cyclic N) is 1. The average Bonchev–Trinajstić information content (AvgIpc) is 3.14. The third kappa shape index (κ3) is 5.04. The van der Waals surface area contributed by atoms with Crippen molar-refractivity contribution in [3.63, 3.8) is 0 Å². The summed E-state index contributed by atoms with van der Waals surface area (Å²) in [7, 11) is 0. The van der Waals surface area contributed by atoms with E-state index in [4.69, 9.17) is 4.74 Å². The molecule has 0 amide bonds. The van der Waals surface area contributed by atoms with Crippen LogP contribution in [0.2, 0.25) is 0 Å². The fraction of sp³-hybridized carbons (Fsp3) is 0.739. The summed E-state index contributed by atoms with van der Waals surface area (Å²) in [5, 5.41) is 10.4. The van der Waals surface area contributed by atoms with Crippen molar-refractivity contribution in [2.75, 3.05) is 44.2 Å². The molecule has 1 aromatic carbocycles. The molecule has 0 bridgehead atoms. The van der Waals surface area contributed by atoms with Gasteiger partial charge in [-0.05, 0) is 62.7 Å². The van der Waals surface area contributed by atoms with Gasteiger partial charge in [0.1, 0.15) is 0 Å². The van der Waals surface area contributed by atoms with Gasteiger partial charge in [-0.25, -0.2) is 0 Å². The Morgan fingerprint density at radius 2 is 1.70 bits per heavy atom. The molecule has 1 saturated carbocycles. The van der Waals surface area contributed by atoms with Gasteiger partial charge in [0.05, 0.1) is 18.8 Å². The Kier molecular flexibility index (Phi) is 6.36. The number of ether oxygens (including phenoxy) is 1. The minimum atomic E-state index is -0.342. The maximum Gasteiger partial charge on any atom is 0.0900 e. The summed E-state index contributed by atoms with van der Waals surface area (Å²) in [4.78, 5) is 5.01. The Morgan fingerprint density at radius 3 is 2.44 bits per heavy atom. The number of hydrogen-bond donors (Lipinski definition) is 1. The van der Waals surface area contributed by atoms with E-state index in [2.05, 4.69) is 40.1 Å². The highest BCUT2D eigenvalue weighted by molar-refractivity contribution is 5.47. The topological polar surface area (TPSA) is 35.9 Å². The number of piperidine rings is 1. The maximum atomic E-state index is 10.4. The Labute approximate surface area is 164 Å². The monoisotopic (exact) mass is 372 g/mol. The lowest BCUT2D eigenvalue weighted by Gasteiger charge is -2.40. The van der Waals surface area contributed by atoms with Crippen molar-refractivity contribution in [1.82, 2.24) is 4.90 Å². The minimum absolute atomic E-state index is 0.342. The normalized spacial score (nSPS) is 25.1. The van der Waals surface area contributed by atoms with Gasteiger partial charge >= 0.3 is 0 Å². The van der Waals surface area contributed by atoms with E-state index < -0.39 is 0 Å². The van der Waals surface area contributed by atoms with Crippen LogP contribution in [0.1, 0.15) is 51.4 Å².